The molecule has 118 valence electrons. The summed E-state index contributed by atoms with van der Waals surface area (Å²) in [6.07, 6.45) is 4.92. The number of nitrogens with zero attached hydrogens (tertiary/aromatic N) is 1. The molecule has 1 aliphatic carbocycles. The van der Waals surface area contributed by atoms with Crippen LogP contribution in [0.1, 0.15) is 64.3 Å². The van der Waals surface area contributed by atoms with Crippen LogP contribution < -0.4 is 5.56 Å². The summed E-state index contributed by atoms with van der Waals surface area (Å²) in [7, 11) is 1.65. The first-order chi connectivity index (χ1) is 9.83. The zero-order valence-electron chi connectivity index (χ0n) is 13.5. The van der Waals surface area contributed by atoms with Crippen LogP contribution in [0.4, 0.5) is 0 Å². The van der Waals surface area contributed by atoms with Crippen molar-refractivity contribution in [1.82, 2.24) is 9.97 Å². The van der Waals surface area contributed by atoms with Crippen LogP contribution in [-0.2, 0) is 16.8 Å². The molecular weight excluding hydrogens is 268 g/mol. The fraction of sp³-hybridized carbons (Fsp3) is 0.750. The molecule has 1 fully saturated rings. The number of aromatic hydroxyl groups is 1. The second-order valence-corrected chi connectivity index (χ2v) is 6.83. The first-order valence-electron chi connectivity index (χ1n) is 7.71. The van der Waals surface area contributed by atoms with E-state index in [4.69, 9.17) is 4.74 Å². The van der Waals surface area contributed by atoms with E-state index in [1.807, 2.05) is 6.92 Å². The van der Waals surface area contributed by atoms with Crippen LogP contribution in [0.3, 0.4) is 0 Å². The third-order valence-electron chi connectivity index (χ3n) is 4.73. The van der Waals surface area contributed by atoms with E-state index in [0.717, 1.165) is 32.1 Å². The van der Waals surface area contributed by atoms with E-state index < -0.39 is 5.60 Å². The van der Waals surface area contributed by atoms with Crippen molar-refractivity contribution in [2.24, 2.45) is 5.41 Å². The molecule has 1 aromatic heterocycles. The van der Waals surface area contributed by atoms with Gasteiger partial charge in [-0.05, 0) is 37.5 Å². The monoisotopic (exact) mass is 294 g/mol. The third-order valence-corrected chi connectivity index (χ3v) is 4.73. The highest BCUT2D eigenvalue weighted by Crippen LogP contribution is 2.46. The minimum absolute atomic E-state index is 0.156. The summed E-state index contributed by atoms with van der Waals surface area (Å²) in [6, 6.07) is 0. The topological polar surface area (TPSA) is 75.2 Å². The Bertz CT molecular complexity index is 553. The van der Waals surface area contributed by atoms with Gasteiger partial charge in [-0.3, -0.25) is 4.79 Å². The summed E-state index contributed by atoms with van der Waals surface area (Å²) in [5.41, 5.74) is -0.187. The van der Waals surface area contributed by atoms with Crippen LogP contribution in [0.25, 0.3) is 0 Å². The van der Waals surface area contributed by atoms with E-state index in [2.05, 4.69) is 23.8 Å². The Hall–Kier alpha value is -1.36. The van der Waals surface area contributed by atoms with Crippen molar-refractivity contribution >= 4 is 0 Å². The van der Waals surface area contributed by atoms with E-state index >= 15 is 0 Å². The van der Waals surface area contributed by atoms with Gasteiger partial charge in [-0.25, -0.2) is 0 Å². The number of ether oxygens (including phenoxy) is 1. The van der Waals surface area contributed by atoms with Crippen LogP contribution in [0, 0.1) is 5.41 Å². The first kappa shape index (κ1) is 16.0. The Morgan fingerprint density at radius 3 is 2.38 bits per heavy atom. The van der Waals surface area contributed by atoms with Crippen LogP contribution in [0.15, 0.2) is 4.79 Å². The maximum Gasteiger partial charge on any atom is 0.258 e. The highest BCUT2D eigenvalue weighted by Gasteiger charge is 2.42. The average Bonchev–Trinajstić information content (AvgIpc) is 2.43. The van der Waals surface area contributed by atoms with Crippen molar-refractivity contribution < 1.29 is 9.84 Å². The first-order valence-corrected chi connectivity index (χ1v) is 7.71. The summed E-state index contributed by atoms with van der Waals surface area (Å²) in [4.78, 5) is 19.2. The molecular formula is C16H26N2O3. The quantitative estimate of drug-likeness (QED) is 0.895. The molecule has 0 unspecified atom stereocenters. The van der Waals surface area contributed by atoms with Crippen molar-refractivity contribution in [1.29, 1.82) is 0 Å². The second kappa shape index (κ2) is 5.79. The summed E-state index contributed by atoms with van der Waals surface area (Å²) < 4.78 is 5.72. The number of methoxy groups -OCH3 is 1. The fourth-order valence-corrected chi connectivity index (χ4v) is 3.05. The maximum atomic E-state index is 12.2. The molecule has 0 amide bonds. The summed E-state index contributed by atoms with van der Waals surface area (Å²) in [6.45, 7) is 6.45. The number of rotatable bonds is 4. The Kier molecular flexibility index (Phi) is 4.42. The van der Waals surface area contributed by atoms with Gasteiger partial charge >= 0.3 is 0 Å². The minimum Gasteiger partial charge on any atom is -0.493 e. The summed E-state index contributed by atoms with van der Waals surface area (Å²) in [5, 5.41) is 10.1. The molecule has 1 aliphatic rings. The van der Waals surface area contributed by atoms with E-state index in [-0.39, 0.29) is 16.9 Å². The standard InChI is InChI=1S/C16H26N2O3/c1-5-6-11-12(19)17-14(18-13(11)20)16(21-4)9-7-15(2,3)8-10-16/h5-10H2,1-4H3,(H2,17,18,19,20). The van der Waals surface area contributed by atoms with Crippen molar-refractivity contribution in [2.45, 2.75) is 64.9 Å². The van der Waals surface area contributed by atoms with Gasteiger partial charge in [0.2, 0.25) is 5.88 Å². The molecule has 0 aromatic carbocycles. The molecule has 2 rings (SSSR count). The molecule has 1 saturated carbocycles. The van der Waals surface area contributed by atoms with Gasteiger partial charge in [-0.15, -0.1) is 0 Å². The lowest BCUT2D eigenvalue weighted by molar-refractivity contribution is -0.0734. The Morgan fingerprint density at radius 2 is 1.90 bits per heavy atom. The van der Waals surface area contributed by atoms with Crippen molar-refractivity contribution in [2.75, 3.05) is 7.11 Å². The van der Waals surface area contributed by atoms with Gasteiger partial charge in [-0.2, -0.15) is 4.98 Å². The average molecular weight is 294 g/mol. The number of aromatic nitrogens is 2. The van der Waals surface area contributed by atoms with Gasteiger partial charge in [0.05, 0.1) is 5.56 Å². The lowest BCUT2D eigenvalue weighted by Crippen LogP contribution is -2.39. The molecule has 1 heterocycles. The van der Waals surface area contributed by atoms with Crippen LogP contribution in [0.2, 0.25) is 0 Å². The van der Waals surface area contributed by atoms with Gasteiger partial charge in [-0.1, -0.05) is 27.2 Å². The number of aromatic amines is 1. The number of H-pyrrole nitrogens is 1. The lowest BCUT2D eigenvalue weighted by atomic mass is 9.70. The van der Waals surface area contributed by atoms with Gasteiger partial charge < -0.3 is 14.8 Å². The smallest absolute Gasteiger partial charge is 0.258 e. The Balaban J connectivity index is 2.38. The molecule has 5 heteroatoms. The molecule has 0 spiro atoms. The normalized spacial score (nSPS) is 20.4. The van der Waals surface area contributed by atoms with Crippen LogP contribution in [0.5, 0.6) is 5.88 Å². The number of hydrogen-bond acceptors (Lipinski definition) is 4. The predicted molar refractivity (Wildman–Crippen MR) is 81.5 cm³/mol. The van der Waals surface area contributed by atoms with E-state index in [1.54, 1.807) is 7.11 Å². The Morgan fingerprint density at radius 1 is 1.29 bits per heavy atom. The van der Waals surface area contributed by atoms with Gasteiger partial charge in [0.25, 0.3) is 5.56 Å². The molecule has 21 heavy (non-hydrogen) atoms. The third kappa shape index (κ3) is 3.12. The van der Waals surface area contributed by atoms with E-state index in [9.17, 15) is 9.90 Å². The molecule has 1 aromatic rings. The summed E-state index contributed by atoms with van der Waals surface area (Å²) >= 11 is 0. The summed E-state index contributed by atoms with van der Waals surface area (Å²) in [5.74, 6) is 0.305. The molecule has 5 nitrogen and oxygen atoms in total. The van der Waals surface area contributed by atoms with Gasteiger partial charge in [0.1, 0.15) is 11.4 Å². The SMILES string of the molecule is CCCc1c(O)nc(C2(OC)CCC(C)(C)CC2)[nH]c1=O. The van der Waals surface area contributed by atoms with Crippen LogP contribution in [-0.4, -0.2) is 22.2 Å². The van der Waals surface area contributed by atoms with Gasteiger partial charge in [0, 0.05) is 7.11 Å². The van der Waals surface area contributed by atoms with E-state index in [1.165, 1.54) is 0 Å². The number of nitrogens with one attached hydrogen (secondary N) is 1. The minimum atomic E-state index is -0.586. The number of hydrogen-bond donors (Lipinski definition) is 2. The lowest BCUT2D eigenvalue weighted by Gasteiger charge is -2.41. The molecule has 0 atom stereocenters. The highest BCUT2D eigenvalue weighted by molar-refractivity contribution is 5.24. The maximum absolute atomic E-state index is 12.2. The Labute approximate surface area is 125 Å². The van der Waals surface area contributed by atoms with Crippen LogP contribution >= 0.6 is 0 Å². The highest BCUT2D eigenvalue weighted by atomic mass is 16.5. The molecule has 2 N–H and O–H groups in total. The van der Waals surface area contributed by atoms with Crippen molar-refractivity contribution in [3.8, 4) is 5.88 Å². The zero-order valence-corrected chi connectivity index (χ0v) is 13.5. The van der Waals surface area contributed by atoms with E-state index in [0.29, 0.717) is 17.8 Å². The largest absolute Gasteiger partial charge is 0.493 e. The predicted octanol–water partition coefficient (Wildman–Crippen LogP) is 2.87. The van der Waals surface area contributed by atoms with Crippen molar-refractivity contribution in [3.63, 3.8) is 0 Å². The van der Waals surface area contributed by atoms with Gasteiger partial charge in [0.15, 0.2) is 0 Å². The molecule has 0 aliphatic heterocycles. The fourth-order valence-electron chi connectivity index (χ4n) is 3.05. The molecule has 0 radical (unpaired) electrons. The second-order valence-electron chi connectivity index (χ2n) is 6.83. The van der Waals surface area contributed by atoms with Crippen molar-refractivity contribution in [3.05, 3.63) is 21.7 Å². The zero-order chi connectivity index (χ0) is 15.7. The molecule has 0 bridgehead atoms. The molecule has 0 saturated heterocycles.